The van der Waals surface area contributed by atoms with E-state index in [-0.39, 0.29) is 15.6 Å². The minimum absolute atomic E-state index is 0.0139. The molecular formula is C10H10Cl2O7S2. The van der Waals surface area contributed by atoms with E-state index in [2.05, 4.69) is 0 Å². The van der Waals surface area contributed by atoms with Crippen molar-refractivity contribution in [2.24, 2.45) is 5.92 Å². The van der Waals surface area contributed by atoms with Crippen molar-refractivity contribution in [1.29, 1.82) is 0 Å². The number of halogens is 2. The highest BCUT2D eigenvalue weighted by atomic mass is 35.5. The summed E-state index contributed by atoms with van der Waals surface area (Å²) in [6.07, 6.45) is 0. The standard InChI is InChI=1S/C10H10Cl2O7S2/c11-8-2-1-6(3-9(8)12)10(13)7(4-20(14,15)16)5-21(17,18)19/h1-3,7H,4-5H2,(H,14,15,16)(H,17,18,19). The van der Waals surface area contributed by atoms with E-state index in [1.165, 1.54) is 12.1 Å². The molecule has 7 nitrogen and oxygen atoms in total. The first-order valence-electron chi connectivity index (χ1n) is 5.28. The van der Waals surface area contributed by atoms with Crippen LogP contribution in [0.15, 0.2) is 18.2 Å². The molecule has 0 amide bonds. The number of benzene rings is 1. The molecule has 118 valence electrons. The van der Waals surface area contributed by atoms with Crippen LogP contribution in [0.25, 0.3) is 0 Å². The van der Waals surface area contributed by atoms with Gasteiger partial charge in [0.2, 0.25) is 0 Å². The lowest BCUT2D eigenvalue weighted by molar-refractivity contribution is 0.0939. The second kappa shape index (κ2) is 6.59. The fraction of sp³-hybridized carbons (Fsp3) is 0.300. The normalized spacial score (nSPS) is 12.6. The number of ketones is 1. The van der Waals surface area contributed by atoms with E-state index in [1.807, 2.05) is 0 Å². The van der Waals surface area contributed by atoms with Gasteiger partial charge in [0, 0.05) is 5.56 Å². The van der Waals surface area contributed by atoms with Crippen molar-refractivity contribution >= 4 is 49.2 Å². The van der Waals surface area contributed by atoms with E-state index in [0.717, 1.165) is 6.07 Å². The van der Waals surface area contributed by atoms with E-state index in [0.29, 0.717) is 0 Å². The molecule has 1 rings (SSSR count). The molecule has 21 heavy (non-hydrogen) atoms. The van der Waals surface area contributed by atoms with Gasteiger partial charge in [-0.15, -0.1) is 0 Å². The van der Waals surface area contributed by atoms with Crippen molar-refractivity contribution in [2.45, 2.75) is 0 Å². The Morgan fingerprint density at radius 3 is 1.86 bits per heavy atom. The van der Waals surface area contributed by atoms with Crippen LogP contribution in [-0.2, 0) is 20.2 Å². The molecule has 0 unspecified atom stereocenters. The first kappa shape index (κ1) is 18.3. The third-order valence-corrected chi connectivity index (χ3v) is 4.78. The molecule has 0 heterocycles. The zero-order valence-corrected chi connectivity index (χ0v) is 13.4. The molecule has 11 heteroatoms. The summed E-state index contributed by atoms with van der Waals surface area (Å²) in [5, 5.41) is 0.161. The lowest BCUT2D eigenvalue weighted by atomic mass is 10.0. The Morgan fingerprint density at radius 2 is 1.48 bits per heavy atom. The van der Waals surface area contributed by atoms with Crippen LogP contribution in [0, 0.1) is 5.92 Å². The number of rotatable bonds is 6. The minimum Gasteiger partial charge on any atom is -0.294 e. The Labute approximate surface area is 131 Å². The van der Waals surface area contributed by atoms with Gasteiger partial charge in [-0.2, -0.15) is 16.8 Å². The quantitative estimate of drug-likeness (QED) is 0.569. The number of carbonyl (C=O) groups excluding carboxylic acids is 1. The summed E-state index contributed by atoms with van der Waals surface area (Å²) in [6, 6.07) is 3.62. The van der Waals surface area contributed by atoms with Gasteiger partial charge in [-0.1, -0.05) is 23.2 Å². The molecule has 0 aliphatic rings. The topological polar surface area (TPSA) is 126 Å². The lowest BCUT2D eigenvalue weighted by Crippen LogP contribution is -2.30. The van der Waals surface area contributed by atoms with Crippen LogP contribution < -0.4 is 0 Å². The molecule has 1 aromatic rings. The lowest BCUT2D eigenvalue weighted by Gasteiger charge is -2.13. The van der Waals surface area contributed by atoms with Gasteiger partial charge in [0.1, 0.15) is 0 Å². The molecule has 1 aromatic carbocycles. The summed E-state index contributed by atoms with van der Waals surface area (Å²) in [5.74, 6) is -4.88. The summed E-state index contributed by atoms with van der Waals surface area (Å²) in [6.45, 7) is 0. The molecule has 0 aliphatic heterocycles. The monoisotopic (exact) mass is 376 g/mol. The molecule has 0 radical (unpaired) electrons. The van der Waals surface area contributed by atoms with Crippen molar-refractivity contribution in [2.75, 3.05) is 11.5 Å². The SMILES string of the molecule is O=C(c1ccc(Cl)c(Cl)c1)C(CS(=O)(=O)O)CS(=O)(=O)O. The third-order valence-electron chi connectivity index (χ3n) is 2.40. The summed E-state index contributed by atoms with van der Waals surface area (Å²) in [4.78, 5) is 12.1. The van der Waals surface area contributed by atoms with Crippen LogP contribution in [0.5, 0.6) is 0 Å². The molecule has 0 aromatic heterocycles. The van der Waals surface area contributed by atoms with Gasteiger partial charge in [-0.3, -0.25) is 13.9 Å². The van der Waals surface area contributed by atoms with Crippen molar-refractivity contribution in [3.8, 4) is 0 Å². The molecule has 0 aliphatic carbocycles. The molecule has 0 saturated heterocycles. The van der Waals surface area contributed by atoms with Crippen LogP contribution >= 0.6 is 23.2 Å². The summed E-state index contributed by atoms with van der Waals surface area (Å²) in [5.41, 5.74) is -0.0956. The Hall–Kier alpha value is -0.710. The van der Waals surface area contributed by atoms with Crippen LogP contribution in [0.2, 0.25) is 10.0 Å². The first-order chi connectivity index (χ1) is 9.39. The third kappa shape index (κ3) is 6.29. The van der Waals surface area contributed by atoms with Gasteiger partial charge in [0.15, 0.2) is 5.78 Å². The predicted octanol–water partition coefficient (Wildman–Crippen LogP) is 1.57. The van der Waals surface area contributed by atoms with Gasteiger partial charge in [-0.25, -0.2) is 0 Å². The zero-order valence-electron chi connectivity index (χ0n) is 10.2. The van der Waals surface area contributed by atoms with Gasteiger partial charge in [0.05, 0.1) is 27.5 Å². The molecule has 0 spiro atoms. The van der Waals surface area contributed by atoms with E-state index >= 15 is 0 Å². The summed E-state index contributed by atoms with van der Waals surface area (Å²) >= 11 is 11.4. The van der Waals surface area contributed by atoms with Gasteiger partial charge in [0.25, 0.3) is 20.2 Å². The van der Waals surface area contributed by atoms with E-state index in [9.17, 15) is 21.6 Å². The van der Waals surface area contributed by atoms with Crippen LogP contribution in [0.3, 0.4) is 0 Å². The van der Waals surface area contributed by atoms with E-state index in [1.54, 1.807) is 0 Å². The molecule has 0 fully saturated rings. The highest BCUT2D eigenvalue weighted by Crippen LogP contribution is 2.24. The number of hydrogen-bond acceptors (Lipinski definition) is 5. The van der Waals surface area contributed by atoms with E-state index < -0.39 is 43.4 Å². The fourth-order valence-electron chi connectivity index (χ4n) is 1.59. The molecule has 0 saturated carbocycles. The number of Topliss-reactive ketones (excluding diaryl/α,β-unsaturated/α-hetero) is 1. The number of hydrogen-bond donors (Lipinski definition) is 2. The van der Waals surface area contributed by atoms with Crippen molar-refractivity contribution in [3.05, 3.63) is 33.8 Å². The Kier molecular flexibility index (Phi) is 5.76. The highest BCUT2D eigenvalue weighted by Gasteiger charge is 2.30. The fourth-order valence-corrected chi connectivity index (χ4v) is 3.60. The van der Waals surface area contributed by atoms with Crippen LogP contribution in [0.4, 0.5) is 0 Å². The number of carbonyl (C=O) groups is 1. The smallest absolute Gasteiger partial charge is 0.265 e. The van der Waals surface area contributed by atoms with Crippen LogP contribution in [-0.4, -0.2) is 43.2 Å². The molecule has 0 atom stereocenters. The molecular weight excluding hydrogens is 367 g/mol. The van der Waals surface area contributed by atoms with Gasteiger partial charge < -0.3 is 0 Å². The minimum atomic E-state index is -4.62. The van der Waals surface area contributed by atoms with E-state index in [4.69, 9.17) is 32.3 Å². The summed E-state index contributed by atoms with van der Waals surface area (Å²) < 4.78 is 61.0. The average molecular weight is 377 g/mol. The Balaban J connectivity index is 3.18. The predicted molar refractivity (Wildman–Crippen MR) is 77.1 cm³/mol. The van der Waals surface area contributed by atoms with Gasteiger partial charge >= 0.3 is 0 Å². The maximum atomic E-state index is 12.1. The second-order valence-electron chi connectivity index (χ2n) is 4.19. The van der Waals surface area contributed by atoms with Crippen LogP contribution in [0.1, 0.15) is 10.4 Å². The van der Waals surface area contributed by atoms with Crippen molar-refractivity contribution in [3.63, 3.8) is 0 Å². The van der Waals surface area contributed by atoms with Gasteiger partial charge in [-0.05, 0) is 18.2 Å². The second-order valence-corrected chi connectivity index (χ2v) is 8.00. The van der Waals surface area contributed by atoms with Crippen molar-refractivity contribution in [1.82, 2.24) is 0 Å². The maximum absolute atomic E-state index is 12.1. The molecule has 0 bridgehead atoms. The molecule has 2 N–H and O–H groups in total. The largest absolute Gasteiger partial charge is 0.294 e. The Bertz CT molecular complexity index is 722. The summed E-state index contributed by atoms with van der Waals surface area (Å²) in [7, 11) is -9.24. The Morgan fingerprint density at radius 1 is 1.00 bits per heavy atom. The maximum Gasteiger partial charge on any atom is 0.265 e. The average Bonchev–Trinajstić information content (AvgIpc) is 2.27. The highest BCUT2D eigenvalue weighted by molar-refractivity contribution is 7.86. The van der Waals surface area contributed by atoms with Crippen molar-refractivity contribution < 1.29 is 30.7 Å². The first-order valence-corrected chi connectivity index (χ1v) is 9.26. The zero-order chi connectivity index (χ0) is 16.4.